The van der Waals surface area contributed by atoms with Gasteiger partial charge < -0.3 is 15.3 Å². The lowest BCUT2D eigenvalue weighted by Crippen LogP contribution is -2.01. The van der Waals surface area contributed by atoms with Crippen LogP contribution in [0.4, 0.5) is 0 Å². The molecule has 4 rings (SSSR count). The van der Waals surface area contributed by atoms with Gasteiger partial charge in [0.15, 0.2) is 0 Å². The fourth-order valence-electron chi connectivity index (χ4n) is 3.47. The summed E-state index contributed by atoms with van der Waals surface area (Å²) in [6.45, 7) is 0. The van der Waals surface area contributed by atoms with Crippen molar-refractivity contribution in [2.24, 2.45) is 0 Å². The van der Waals surface area contributed by atoms with E-state index in [0.29, 0.717) is 33.4 Å². The zero-order valence-electron chi connectivity index (χ0n) is 19.1. The number of aromatic carboxylic acids is 3. The number of carbonyl (C=O) groups is 3. The Bertz CT molecular complexity index is 1620. The first-order valence-electron chi connectivity index (χ1n) is 10.9. The van der Waals surface area contributed by atoms with Gasteiger partial charge in [-0.05, 0) is 78.4 Å². The van der Waals surface area contributed by atoms with Crippen molar-refractivity contribution in [1.82, 2.24) is 0 Å². The van der Waals surface area contributed by atoms with Crippen molar-refractivity contribution in [2.75, 3.05) is 0 Å². The summed E-state index contributed by atoms with van der Waals surface area (Å²) in [4.78, 5) is 34.0. The molecule has 0 bridgehead atoms. The van der Waals surface area contributed by atoms with Crippen LogP contribution in [0.25, 0.3) is 11.1 Å². The van der Waals surface area contributed by atoms with Crippen molar-refractivity contribution < 1.29 is 29.7 Å². The van der Waals surface area contributed by atoms with Crippen molar-refractivity contribution in [1.29, 1.82) is 0 Å². The topological polar surface area (TPSA) is 112 Å². The highest BCUT2D eigenvalue weighted by molar-refractivity contribution is 5.98. The summed E-state index contributed by atoms with van der Waals surface area (Å²) < 4.78 is 0. The van der Waals surface area contributed by atoms with Crippen LogP contribution in [0, 0.1) is 29.7 Å². The highest BCUT2D eigenvalue weighted by Crippen LogP contribution is 2.28. The number of hydrogen-bond acceptors (Lipinski definition) is 3. The maximum absolute atomic E-state index is 11.9. The molecule has 1 radical (unpaired) electrons. The van der Waals surface area contributed by atoms with E-state index in [1.54, 1.807) is 48.5 Å². The molecule has 6 heteroatoms. The van der Waals surface area contributed by atoms with Gasteiger partial charge in [-0.3, -0.25) is 0 Å². The molecular formula is C31H17O6. The van der Waals surface area contributed by atoms with E-state index in [1.807, 2.05) is 0 Å². The lowest BCUT2D eigenvalue weighted by atomic mass is 9.93. The first-order valence-corrected chi connectivity index (χ1v) is 10.9. The molecule has 0 aliphatic carbocycles. The minimum atomic E-state index is -1.11. The molecule has 0 amide bonds. The second kappa shape index (κ2) is 10.8. The zero-order valence-corrected chi connectivity index (χ0v) is 19.1. The summed E-state index contributed by atoms with van der Waals surface area (Å²) >= 11 is 0. The number of benzene rings is 4. The molecule has 6 nitrogen and oxygen atoms in total. The van der Waals surface area contributed by atoms with Gasteiger partial charge in [0, 0.05) is 27.8 Å². The smallest absolute Gasteiger partial charge is 0.336 e. The van der Waals surface area contributed by atoms with E-state index in [0.717, 1.165) is 0 Å². The summed E-state index contributed by atoms with van der Waals surface area (Å²) in [6, 6.07) is 25.3. The summed E-state index contributed by atoms with van der Waals surface area (Å²) in [7, 11) is 0. The van der Waals surface area contributed by atoms with E-state index in [9.17, 15) is 19.5 Å². The number of hydrogen-bond donors (Lipinski definition) is 3. The largest absolute Gasteiger partial charge is 0.478 e. The van der Waals surface area contributed by atoms with Gasteiger partial charge in [-0.25, -0.2) is 14.4 Å². The Hall–Kier alpha value is -5.59. The van der Waals surface area contributed by atoms with E-state index in [2.05, 4.69) is 29.7 Å². The highest BCUT2D eigenvalue weighted by atomic mass is 16.4. The maximum Gasteiger partial charge on any atom is 0.336 e. The third-order valence-electron chi connectivity index (χ3n) is 5.35. The summed E-state index contributed by atoms with van der Waals surface area (Å²) in [5.74, 6) is 8.74. The molecule has 0 saturated heterocycles. The van der Waals surface area contributed by atoms with E-state index in [1.165, 1.54) is 36.4 Å². The van der Waals surface area contributed by atoms with Gasteiger partial charge in [0.1, 0.15) is 0 Å². The lowest BCUT2D eigenvalue weighted by Gasteiger charge is -2.09. The third kappa shape index (κ3) is 5.92. The van der Waals surface area contributed by atoms with E-state index >= 15 is 0 Å². The molecule has 0 aliphatic heterocycles. The summed E-state index contributed by atoms with van der Waals surface area (Å²) in [5.41, 5.74) is 3.74. The van der Waals surface area contributed by atoms with Gasteiger partial charge in [-0.1, -0.05) is 41.9 Å². The summed E-state index contributed by atoms with van der Waals surface area (Å²) in [6.07, 6.45) is 0. The van der Waals surface area contributed by atoms with Gasteiger partial charge in [0.2, 0.25) is 0 Å². The molecule has 0 aliphatic rings. The van der Waals surface area contributed by atoms with Crippen LogP contribution in [0.3, 0.4) is 0 Å². The van der Waals surface area contributed by atoms with E-state index in [-0.39, 0.29) is 16.7 Å². The SMILES string of the molecule is O=C(O)c1ccc(C#Cc2ccc(-c3c(C#Cc4ccc(C(=O)O)cc4)[c]ccc3C(=O)O)cc2)cc1. The maximum atomic E-state index is 11.9. The van der Waals surface area contributed by atoms with Crippen LogP contribution in [-0.2, 0) is 0 Å². The predicted molar refractivity (Wildman–Crippen MR) is 136 cm³/mol. The monoisotopic (exact) mass is 485 g/mol. The first kappa shape index (κ1) is 24.5. The molecular weight excluding hydrogens is 468 g/mol. The molecule has 177 valence electrons. The van der Waals surface area contributed by atoms with Crippen LogP contribution in [0.1, 0.15) is 53.3 Å². The van der Waals surface area contributed by atoms with E-state index < -0.39 is 17.9 Å². The Morgan fingerprint density at radius 3 is 1.41 bits per heavy atom. The van der Waals surface area contributed by atoms with Crippen LogP contribution < -0.4 is 0 Å². The molecule has 0 aromatic heterocycles. The molecule has 3 N–H and O–H groups in total. The Balaban J connectivity index is 1.65. The van der Waals surface area contributed by atoms with E-state index in [4.69, 9.17) is 10.2 Å². The fraction of sp³-hybridized carbons (Fsp3) is 0. The van der Waals surface area contributed by atoms with Crippen LogP contribution in [0.5, 0.6) is 0 Å². The normalized spacial score (nSPS) is 9.84. The molecule has 0 saturated carbocycles. The second-order valence-electron chi connectivity index (χ2n) is 7.79. The Labute approximate surface area is 212 Å². The van der Waals surface area contributed by atoms with Crippen LogP contribution in [0.15, 0.2) is 84.9 Å². The minimum absolute atomic E-state index is 0.0710. The average molecular weight is 485 g/mol. The molecule has 0 heterocycles. The Morgan fingerprint density at radius 1 is 0.541 bits per heavy atom. The first-order chi connectivity index (χ1) is 17.8. The van der Waals surface area contributed by atoms with Crippen molar-refractivity contribution >= 4 is 17.9 Å². The van der Waals surface area contributed by atoms with Gasteiger partial charge in [0.25, 0.3) is 0 Å². The average Bonchev–Trinajstić information content (AvgIpc) is 2.91. The van der Waals surface area contributed by atoms with Crippen LogP contribution >= 0.6 is 0 Å². The molecule has 37 heavy (non-hydrogen) atoms. The number of carboxylic acid groups (broad SMARTS) is 3. The van der Waals surface area contributed by atoms with Crippen molar-refractivity contribution in [3.63, 3.8) is 0 Å². The van der Waals surface area contributed by atoms with Crippen LogP contribution in [0.2, 0.25) is 0 Å². The molecule has 0 atom stereocenters. The van der Waals surface area contributed by atoms with Crippen LogP contribution in [-0.4, -0.2) is 33.2 Å². The molecule has 4 aromatic rings. The van der Waals surface area contributed by atoms with Gasteiger partial charge in [-0.2, -0.15) is 0 Å². The molecule has 4 aromatic carbocycles. The van der Waals surface area contributed by atoms with Crippen molar-refractivity contribution in [3.8, 4) is 34.8 Å². The fourth-order valence-corrected chi connectivity index (χ4v) is 3.47. The van der Waals surface area contributed by atoms with Crippen molar-refractivity contribution in [3.05, 3.63) is 130 Å². The van der Waals surface area contributed by atoms with Gasteiger partial charge in [0.05, 0.1) is 16.7 Å². The number of rotatable bonds is 4. The second-order valence-corrected chi connectivity index (χ2v) is 7.79. The van der Waals surface area contributed by atoms with Crippen molar-refractivity contribution in [2.45, 2.75) is 0 Å². The highest BCUT2D eigenvalue weighted by Gasteiger charge is 2.15. The molecule has 0 fully saturated rings. The Kier molecular flexibility index (Phi) is 7.14. The standard InChI is InChI=1S/C31H17O6/c32-29(33)25-16-9-21(10-17-25)5-4-20-7-14-24(15-8-20)28-23(2-1-3-27(28)31(36)37)13-6-22-11-18-26(19-12-22)30(34)35/h1,3,7-12,14-19H,(H,32,33)(H,34,35)(H,36,37). The van der Waals surface area contributed by atoms with Gasteiger partial charge >= 0.3 is 17.9 Å². The van der Waals surface area contributed by atoms with Gasteiger partial charge in [-0.15, -0.1) is 0 Å². The minimum Gasteiger partial charge on any atom is -0.478 e. The molecule has 0 spiro atoms. The third-order valence-corrected chi connectivity index (χ3v) is 5.35. The molecule has 0 unspecified atom stereocenters. The summed E-state index contributed by atoms with van der Waals surface area (Å²) in [5, 5.41) is 27.8. The number of carboxylic acids is 3. The quantitative estimate of drug-likeness (QED) is 0.349. The lowest BCUT2D eigenvalue weighted by molar-refractivity contribution is 0.0686. The Morgan fingerprint density at radius 2 is 0.973 bits per heavy atom. The predicted octanol–water partition coefficient (Wildman–Crippen LogP) is 5.05. The zero-order chi connectivity index (χ0) is 26.4.